The van der Waals surface area contributed by atoms with E-state index >= 15 is 0 Å². The van der Waals surface area contributed by atoms with Crippen LogP contribution in [0.4, 0.5) is 0 Å². The standard InChI is InChI=1S/C30H37N5O4/c1-20-10-7-8-13-23(20)25-15-17-35(34-25)27-24(14-9-16-32-27)28(36)33-26(18-22-11-5-4-6-12-22)30(29(37)31-3)38-19-21(2)39-30/h7-10,13-17,21-22,26H,4-6,11-12,18-19H2,1-3H3,(H,31,37)(H,33,36). The van der Waals surface area contributed by atoms with Gasteiger partial charge >= 0.3 is 0 Å². The van der Waals surface area contributed by atoms with Crippen molar-refractivity contribution in [2.75, 3.05) is 13.7 Å². The molecule has 3 unspecified atom stereocenters. The third-order valence-electron chi connectivity index (χ3n) is 7.77. The van der Waals surface area contributed by atoms with E-state index in [1.165, 1.54) is 6.42 Å². The van der Waals surface area contributed by atoms with Crippen LogP contribution in [0.5, 0.6) is 0 Å². The summed E-state index contributed by atoms with van der Waals surface area (Å²) < 4.78 is 13.8. The van der Waals surface area contributed by atoms with E-state index in [9.17, 15) is 9.59 Å². The van der Waals surface area contributed by atoms with E-state index in [1.807, 2.05) is 44.2 Å². The molecule has 1 aliphatic carbocycles. The first kappa shape index (κ1) is 27.0. The fraction of sp³-hybridized carbons (Fsp3) is 0.467. The Morgan fingerprint density at radius 1 is 1.13 bits per heavy atom. The lowest BCUT2D eigenvalue weighted by Gasteiger charge is -2.37. The quantitative estimate of drug-likeness (QED) is 0.451. The Bertz CT molecular complexity index is 1320. The number of aryl methyl sites for hydroxylation is 1. The van der Waals surface area contributed by atoms with Crippen LogP contribution in [-0.2, 0) is 14.3 Å². The van der Waals surface area contributed by atoms with Gasteiger partial charge in [-0.25, -0.2) is 9.67 Å². The molecule has 2 aromatic heterocycles. The molecule has 9 heteroatoms. The first-order valence-corrected chi connectivity index (χ1v) is 13.8. The summed E-state index contributed by atoms with van der Waals surface area (Å²) in [5, 5.41) is 10.5. The average Bonchev–Trinajstić information content (AvgIpc) is 3.61. The summed E-state index contributed by atoms with van der Waals surface area (Å²) in [7, 11) is 1.56. The zero-order chi connectivity index (χ0) is 27.4. The maximum absolute atomic E-state index is 13.9. The van der Waals surface area contributed by atoms with Crippen LogP contribution in [0.3, 0.4) is 0 Å². The molecular weight excluding hydrogens is 494 g/mol. The van der Waals surface area contributed by atoms with Crippen LogP contribution in [0.2, 0.25) is 0 Å². The number of rotatable bonds is 8. The highest BCUT2D eigenvalue weighted by molar-refractivity contribution is 5.98. The van der Waals surface area contributed by atoms with Gasteiger partial charge in [-0.3, -0.25) is 9.59 Å². The lowest BCUT2D eigenvalue weighted by molar-refractivity contribution is -0.198. The monoisotopic (exact) mass is 531 g/mol. The highest BCUT2D eigenvalue weighted by atomic mass is 16.8. The Balaban J connectivity index is 1.46. The fourth-order valence-corrected chi connectivity index (χ4v) is 5.75. The second-order valence-corrected chi connectivity index (χ2v) is 10.6. The van der Waals surface area contributed by atoms with Crippen molar-refractivity contribution in [3.8, 4) is 17.1 Å². The van der Waals surface area contributed by atoms with Crippen LogP contribution in [0.15, 0.2) is 54.9 Å². The Morgan fingerprint density at radius 3 is 2.64 bits per heavy atom. The van der Waals surface area contributed by atoms with E-state index in [1.54, 1.807) is 36.3 Å². The molecule has 0 spiro atoms. The third kappa shape index (κ3) is 5.60. The number of hydrogen-bond donors (Lipinski definition) is 2. The molecule has 1 saturated carbocycles. The van der Waals surface area contributed by atoms with Crippen LogP contribution in [0.25, 0.3) is 17.1 Å². The van der Waals surface area contributed by atoms with Crippen LogP contribution >= 0.6 is 0 Å². The van der Waals surface area contributed by atoms with Crippen LogP contribution in [0.1, 0.15) is 61.4 Å². The predicted molar refractivity (Wildman–Crippen MR) is 147 cm³/mol. The maximum Gasteiger partial charge on any atom is 0.282 e. The number of hydrogen-bond acceptors (Lipinski definition) is 6. The Morgan fingerprint density at radius 2 is 1.92 bits per heavy atom. The van der Waals surface area contributed by atoms with Crippen molar-refractivity contribution in [2.24, 2.45) is 5.92 Å². The van der Waals surface area contributed by atoms with E-state index in [0.717, 1.165) is 42.5 Å². The molecule has 1 aliphatic heterocycles. The van der Waals surface area contributed by atoms with Gasteiger partial charge in [0.05, 0.1) is 30.0 Å². The van der Waals surface area contributed by atoms with Crippen molar-refractivity contribution in [2.45, 2.75) is 70.3 Å². The average molecular weight is 532 g/mol. The number of carbonyl (C=O) groups is 2. The van der Waals surface area contributed by atoms with E-state index in [0.29, 0.717) is 23.7 Å². The van der Waals surface area contributed by atoms with Crippen LogP contribution in [0, 0.1) is 12.8 Å². The highest BCUT2D eigenvalue weighted by Gasteiger charge is 2.54. The minimum Gasteiger partial charge on any atom is -0.354 e. The van der Waals surface area contributed by atoms with E-state index in [-0.39, 0.29) is 18.6 Å². The maximum atomic E-state index is 13.9. The minimum absolute atomic E-state index is 0.272. The van der Waals surface area contributed by atoms with Gasteiger partial charge in [0.15, 0.2) is 5.82 Å². The topological polar surface area (TPSA) is 107 Å². The molecule has 1 saturated heterocycles. The van der Waals surface area contributed by atoms with Crippen LogP contribution in [-0.4, -0.2) is 58.2 Å². The minimum atomic E-state index is -1.59. The highest BCUT2D eigenvalue weighted by Crippen LogP contribution is 2.35. The fourth-order valence-electron chi connectivity index (χ4n) is 5.75. The molecule has 39 heavy (non-hydrogen) atoms. The molecule has 0 bridgehead atoms. The summed E-state index contributed by atoms with van der Waals surface area (Å²) >= 11 is 0. The number of nitrogens with zero attached hydrogens (tertiary/aromatic N) is 3. The van der Waals surface area contributed by atoms with Crippen molar-refractivity contribution in [1.82, 2.24) is 25.4 Å². The molecule has 3 aromatic rings. The zero-order valence-corrected chi connectivity index (χ0v) is 22.9. The molecule has 2 amide bonds. The SMILES string of the molecule is CNC(=O)C1(C(CC2CCCCC2)NC(=O)c2cccnc2-n2ccc(-c3ccccc3C)n2)OCC(C)O1. The van der Waals surface area contributed by atoms with E-state index < -0.39 is 17.7 Å². The molecule has 3 atom stereocenters. The van der Waals surface area contributed by atoms with Gasteiger partial charge in [-0.2, -0.15) is 5.10 Å². The van der Waals surface area contributed by atoms with Gasteiger partial charge in [0.25, 0.3) is 17.6 Å². The molecule has 9 nitrogen and oxygen atoms in total. The van der Waals surface area contributed by atoms with Gasteiger partial charge < -0.3 is 20.1 Å². The molecular formula is C30H37N5O4. The van der Waals surface area contributed by atoms with Gasteiger partial charge in [0, 0.05) is 25.0 Å². The number of aromatic nitrogens is 3. The van der Waals surface area contributed by atoms with Crippen molar-refractivity contribution in [3.05, 3.63) is 66.0 Å². The molecule has 2 aliphatic rings. The number of pyridine rings is 1. The predicted octanol–water partition coefficient (Wildman–Crippen LogP) is 4.19. The lowest BCUT2D eigenvalue weighted by Crippen LogP contribution is -2.62. The largest absolute Gasteiger partial charge is 0.354 e. The summed E-state index contributed by atoms with van der Waals surface area (Å²) in [6.07, 6.45) is 9.36. The molecule has 2 fully saturated rings. The number of ether oxygens (including phenoxy) is 2. The van der Waals surface area contributed by atoms with Crippen molar-refractivity contribution in [3.63, 3.8) is 0 Å². The lowest BCUT2D eigenvalue weighted by atomic mass is 9.82. The van der Waals surface area contributed by atoms with Crippen molar-refractivity contribution in [1.29, 1.82) is 0 Å². The molecule has 0 radical (unpaired) electrons. The number of benzene rings is 1. The van der Waals surface area contributed by atoms with Gasteiger partial charge in [-0.15, -0.1) is 0 Å². The summed E-state index contributed by atoms with van der Waals surface area (Å²) in [6.45, 7) is 4.18. The number of nitrogens with one attached hydrogen (secondary N) is 2. The molecule has 206 valence electrons. The number of likely N-dealkylation sites (N-methyl/N-ethyl adjacent to an activating group) is 1. The number of amides is 2. The summed E-state index contributed by atoms with van der Waals surface area (Å²) in [4.78, 5) is 31.6. The summed E-state index contributed by atoms with van der Waals surface area (Å²) in [5.74, 6) is -1.57. The smallest absolute Gasteiger partial charge is 0.282 e. The second-order valence-electron chi connectivity index (χ2n) is 10.6. The van der Waals surface area contributed by atoms with Crippen molar-refractivity contribution >= 4 is 11.8 Å². The Kier molecular flexibility index (Phi) is 8.09. The Hall–Kier alpha value is -3.56. The molecule has 2 N–H and O–H groups in total. The second kappa shape index (κ2) is 11.7. The number of carbonyl (C=O) groups excluding carboxylic acids is 2. The summed E-state index contributed by atoms with van der Waals surface area (Å²) in [5.41, 5.74) is 3.27. The normalized spacial score (nSPS) is 22.4. The van der Waals surface area contributed by atoms with Gasteiger partial charge in [0.2, 0.25) is 0 Å². The zero-order valence-electron chi connectivity index (χ0n) is 22.9. The van der Waals surface area contributed by atoms with Gasteiger partial charge in [-0.1, -0.05) is 56.4 Å². The van der Waals surface area contributed by atoms with Crippen molar-refractivity contribution < 1.29 is 19.1 Å². The Labute approximate surface area is 229 Å². The first-order chi connectivity index (χ1) is 18.9. The van der Waals surface area contributed by atoms with Gasteiger partial charge in [0.1, 0.15) is 0 Å². The van der Waals surface area contributed by atoms with Gasteiger partial charge in [-0.05, 0) is 49.9 Å². The summed E-state index contributed by atoms with van der Waals surface area (Å²) in [6, 6.07) is 12.7. The first-order valence-electron chi connectivity index (χ1n) is 13.8. The molecule has 3 heterocycles. The van der Waals surface area contributed by atoms with E-state index in [4.69, 9.17) is 14.6 Å². The molecule has 5 rings (SSSR count). The van der Waals surface area contributed by atoms with Crippen LogP contribution < -0.4 is 10.6 Å². The third-order valence-corrected chi connectivity index (χ3v) is 7.77. The molecule has 1 aromatic carbocycles. The van der Waals surface area contributed by atoms with E-state index in [2.05, 4.69) is 15.6 Å².